The number of rotatable bonds is 2. The fourth-order valence-electron chi connectivity index (χ4n) is 1.27. The predicted octanol–water partition coefficient (Wildman–Crippen LogP) is 1.34. The quantitative estimate of drug-likeness (QED) is 0.821. The number of hydrogen-bond donors (Lipinski definition) is 1. The molecule has 15 heavy (non-hydrogen) atoms. The van der Waals surface area contributed by atoms with Gasteiger partial charge in [-0.2, -0.15) is 13.2 Å². The van der Waals surface area contributed by atoms with Crippen molar-refractivity contribution in [3.05, 3.63) is 11.6 Å². The molecule has 1 unspecified atom stereocenters. The largest absolute Gasteiger partial charge is 0.413 e. The molecule has 1 aromatic heterocycles. The summed E-state index contributed by atoms with van der Waals surface area (Å²) in [7, 11) is 0. The smallest absolute Gasteiger partial charge is 0.314 e. The van der Waals surface area contributed by atoms with Gasteiger partial charge >= 0.3 is 6.18 Å². The first-order valence-electron chi connectivity index (χ1n) is 4.47. The first-order valence-corrected chi connectivity index (χ1v) is 4.47. The number of aryl methyl sites for hydroxylation is 1. The van der Waals surface area contributed by atoms with Crippen LogP contribution >= 0.6 is 0 Å². The first-order chi connectivity index (χ1) is 6.71. The summed E-state index contributed by atoms with van der Waals surface area (Å²) in [6, 6.07) is 0. The van der Waals surface area contributed by atoms with E-state index in [0.29, 0.717) is 12.4 Å². The van der Waals surface area contributed by atoms with Crippen LogP contribution in [0.1, 0.15) is 25.5 Å². The topological polar surface area (TPSA) is 56.7 Å². The zero-order chi connectivity index (χ0) is 11.9. The highest BCUT2D eigenvalue weighted by Crippen LogP contribution is 2.35. The Morgan fingerprint density at radius 1 is 1.33 bits per heavy atom. The molecule has 0 radical (unpaired) electrons. The Hall–Kier alpha value is -1.11. The Morgan fingerprint density at radius 3 is 2.27 bits per heavy atom. The molecule has 4 nitrogen and oxygen atoms in total. The molecule has 1 heterocycles. The van der Waals surface area contributed by atoms with E-state index in [-0.39, 0.29) is 5.82 Å². The molecule has 0 aliphatic rings. The van der Waals surface area contributed by atoms with Crippen LogP contribution in [0, 0.1) is 6.92 Å². The Morgan fingerprint density at radius 2 is 1.87 bits per heavy atom. The van der Waals surface area contributed by atoms with Gasteiger partial charge in [0.05, 0.1) is 0 Å². The summed E-state index contributed by atoms with van der Waals surface area (Å²) in [6.45, 7) is 4.55. The monoisotopic (exact) mass is 222 g/mol. The molecule has 1 atom stereocenters. The molecule has 86 valence electrons. The van der Waals surface area contributed by atoms with Gasteiger partial charge < -0.3 is 10.3 Å². The number of hydrogen-bond acceptors (Lipinski definition) is 3. The van der Waals surface area contributed by atoms with Gasteiger partial charge in [-0.3, -0.25) is 0 Å². The van der Waals surface area contributed by atoms with Crippen molar-refractivity contribution in [2.24, 2.45) is 5.73 Å². The van der Waals surface area contributed by atoms with Crippen molar-refractivity contribution in [2.75, 3.05) is 0 Å². The van der Waals surface area contributed by atoms with Gasteiger partial charge in [0.2, 0.25) is 0 Å². The van der Waals surface area contributed by atoms with E-state index in [0.717, 1.165) is 6.92 Å². The van der Waals surface area contributed by atoms with Gasteiger partial charge in [0, 0.05) is 6.54 Å². The van der Waals surface area contributed by atoms with Crippen LogP contribution in [0.15, 0.2) is 0 Å². The van der Waals surface area contributed by atoms with Crippen LogP contribution in [0.3, 0.4) is 0 Å². The third kappa shape index (κ3) is 1.83. The van der Waals surface area contributed by atoms with Gasteiger partial charge in [-0.05, 0) is 20.8 Å². The highest BCUT2D eigenvalue weighted by atomic mass is 19.4. The van der Waals surface area contributed by atoms with E-state index in [9.17, 15) is 13.2 Å². The van der Waals surface area contributed by atoms with E-state index in [1.165, 1.54) is 4.57 Å². The lowest BCUT2D eigenvalue weighted by Gasteiger charge is -2.26. The highest BCUT2D eigenvalue weighted by molar-refractivity contribution is 5.09. The lowest BCUT2D eigenvalue weighted by Crippen LogP contribution is -2.49. The Kier molecular flexibility index (Phi) is 2.77. The number of nitrogens with two attached hydrogens (primary N) is 1. The van der Waals surface area contributed by atoms with Crippen molar-refractivity contribution in [2.45, 2.75) is 39.0 Å². The molecule has 1 aromatic rings. The molecule has 0 saturated carbocycles. The van der Waals surface area contributed by atoms with Crippen molar-refractivity contribution in [3.8, 4) is 0 Å². The highest BCUT2D eigenvalue weighted by Gasteiger charge is 2.52. The van der Waals surface area contributed by atoms with Gasteiger partial charge in [-0.15, -0.1) is 10.2 Å². The lowest BCUT2D eigenvalue weighted by atomic mass is 10.0. The first kappa shape index (κ1) is 12.0. The lowest BCUT2D eigenvalue weighted by molar-refractivity contribution is -0.187. The average molecular weight is 222 g/mol. The summed E-state index contributed by atoms with van der Waals surface area (Å²) in [6.07, 6.45) is -4.54. The molecule has 2 N–H and O–H groups in total. The van der Waals surface area contributed by atoms with E-state index >= 15 is 0 Å². The second-order valence-corrected chi connectivity index (χ2v) is 3.52. The number of nitrogens with zero attached hydrogens (tertiary/aromatic N) is 3. The minimum absolute atomic E-state index is 0.255. The molecule has 0 spiro atoms. The van der Waals surface area contributed by atoms with Crippen LogP contribution in [0.25, 0.3) is 0 Å². The zero-order valence-corrected chi connectivity index (χ0v) is 8.76. The Balaban J connectivity index is 3.27. The van der Waals surface area contributed by atoms with Crippen molar-refractivity contribution < 1.29 is 13.2 Å². The fourth-order valence-corrected chi connectivity index (χ4v) is 1.27. The van der Waals surface area contributed by atoms with E-state index < -0.39 is 11.7 Å². The number of aromatic nitrogens is 3. The van der Waals surface area contributed by atoms with Crippen molar-refractivity contribution >= 4 is 0 Å². The van der Waals surface area contributed by atoms with E-state index in [1.54, 1.807) is 13.8 Å². The summed E-state index contributed by atoms with van der Waals surface area (Å²) in [4.78, 5) is 0. The molecule has 0 aliphatic heterocycles. The number of alkyl halides is 3. The maximum Gasteiger partial charge on any atom is 0.413 e. The molecule has 7 heteroatoms. The van der Waals surface area contributed by atoms with Gasteiger partial charge in [0.15, 0.2) is 11.4 Å². The number of halogens is 3. The van der Waals surface area contributed by atoms with Crippen LogP contribution in [0.4, 0.5) is 13.2 Å². The minimum atomic E-state index is -4.54. The van der Waals surface area contributed by atoms with Crippen molar-refractivity contribution in [1.29, 1.82) is 0 Å². The van der Waals surface area contributed by atoms with Crippen LogP contribution in [0.2, 0.25) is 0 Å². The molecule has 0 fully saturated rings. The molecule has 0 aliphatic carbocycles. The van der Waals surface area contributed by atoms with E-state index in [4.69, 9.17) is 5.73 Å². The van der Waals surface area contributed by atoms with Crippen LogP contribution < -0.4 is 5.73 Å². The normalized spacial score (nSPS) is 16.5. The van der Waals surface area contributed by atoms with Gasteiger partial charge in [0.25, 0.3) is 0 Å². The van der Waals surface area contributed by atoms with Gasteiger partial charge in [-0.1, -0.05) is 0 Å². The summed E-state index contributed by atoms with van der Waals surface area (Å²) in [5.41, 5.74) is 2.79. The molecule has 0 amide bonds. The van der Waals surface area contributed by atoms with E-state index in [1.807, 2.05) is 0 Å². The van der Waals surface area contributed by atoms with Crippen molar-refractivity contribution in [3.63, 3.8) is 0 Å². The SMILES string of the molecule is CCn1c(C)nnc1C(C)(N)C(F)(F)F. The summed E-state index contributed by atoms with van der Waals surface area (Å²) < 4.78 is 39.3. The standard InChI is InChI=1S/C8H13F3N4/c1-4-15-5(2)13-14-6(15)7(3,12)8(9,10)11/h4,12H2,1-3H3. The van der Waals surface area contributed by atoms with E-state index in [2.05, 4.69) is 10.2 Å². The molecule has 0 saturated heterocycles. The third-order valence-electron chi connectivity index (χ3n) is 2.31. The fraction of sp³-hybridized carbons (Fsp3) is 0.750. The summed E-state index contributed by atoms with van der Waals surface area (Å²) in [5, 5.41) is 7.09. The predicted molar refractivity (Wildman–Crippen MR) is 48.0 cm³/mol. The Bertz CT molecular complexity index is 353. The Labute approximate surface area is 85.3 Å². The third-order valence-corrected chi connectivity index (χ3v) is 2.31. The maximum atomic E-state index is 12.6. The molecular formula is C8H13F3N4. The van der Waals surface area contributed by atoms with Gasteiger partial charge in [0.1, 0.15) is 5.82 Å². The minimum Gasteiger partial charge on any atom is -0.314 e. The summed E-state index contributed by atoms with van der Waals surface area (Å²) >= 11 is 0. The molecule has 1 rings (SSSR count). The van der Waals surface area contributed by atoms with Crippen molar-refractivity contribution in [1.82, 2.24) is 14.8 Å². The molecule has 0 bridgehead atoms. The molecule has 0 aromatic carbocycles. The average Bonchev–Trinajstić information content (AvgIpc) is 2.44. The molecular weight excluding hydrogens is 209 g/mol. The summed E-state index contributed by atoms with van der Waals surface area (Å²) in [5.74, 6) is 0.170. The second-order valence-electron chi connectivity index (χ2n) is 3.52. The van der Waals surface area contributed by atoms with Gasteiger partial charge in [-0.25, -0.2) is 0 Å². The maximum absolute atomic E-state index is 12.6. The van der Waals surface area contributed by atoms with Crippen LogP contribution in [-0.4, -0.2) is 20.9 Å². The van der Waals surface area contributed by atoms with Crippen LogP contribution in [0.5, 0.6) is 0 Å². The van der Waals surface area contributed by atoms with Crippen LogP contribution in [-0.2, 0) is 12.1 Å². The zero-order valence-electron chi connectivity index (χ0n) is 8.76. The second kappa shape index (κ2) is 3.48.